The lowest BCUT2D eigenvalue weighted by atomic mass is 10.0. The third-order valence-corrected chi connectivity index (χ3v) is 5.12. The summed E-state index contributed by atoms with van der Waals surface area (Å²) in [5, 5.41) is 0. The summed E-state index contributed by atoms with van der Waals surface area (Å²) in [6, 6.07) is 8.60. The summed E-state index contributed by atoms with van der Waals surface area (Å²) < 4.78 is 0. The molecule has 0 aliphatic rings. The molecule has 0 saturated carbocycles. The molecule has 0 amide bonds. The molecule has 0 radical (unpaired) electrons. The number of hydrogen-bond acceptors (Lipinski definition) is 2. The van der Waals surface area contributed by atoms with Crippen molar-refractivity contribution in [2.75, 3.05) is 0 Å². The number of nitrogens with zero attached hydrogens (tertiary/aromatic N) is 2. The Morgan fingerprint density at radius 2 is 1.14 bits per heavy atom. The highest BCUT2D eigenvalue weighted by molar-refractivity contribution is 5.39. The second-order valence-electron chi connectivity index (χ2n) is 7.69. The summed E-state index contributed by atoms with van der Waals surface area (Å²) in [4.78, 5) is 8.83. The molecule has 2 rings (SSSR count). The number of unbranched alkanes of at least 4 members (excludes halogenated alkanes) is 8. The summed E-state index contributed by atoms with van der Waals surface area (Å²) in [7, 11) is 0. The van der Waals surface area contributed by atoms with Gasteiger partial charge in [0, 0.05) is 18.0 Å². The molecule has 1 aromatic heterocycles. The first-order valence-corrected chi connectivity index (χ1v) is 11.2. The maximum atomic E-state index is 4.41. The van der Waals surface area contributed by atoms with Crippen LogP contribution in [-0.4, -0.2) is 9.97 Å². The maximum Gasteiger partial charge on any atom is 0.205 e. The lowest BCUT2D eigenvalue weighted by Crippen LogP contribution is -1.93. The summed E-state index contributed by atoms with van der Waals surface area (Å²) >= 11 is 0. The second-order valence-corrected chi connectivity index (χ2v) is 7.69. The molecule has 0 N–H and O–H groups in total. The first-order chi connectivity index (χ1) is 13.8. The minimum absolute atomic E-state index is 0.607. The van der Waals surface area contributed by atoms with E-state index in [4.69, 9.17) is 0 Å². The predicted octanol–water partition coefficient (Wildman–Crippen LogP) is 6.90. The molecular weight excluding hydrogens is 340 g/mol. The molecule has 0 aliphatic heterocycles. The topological polar surface area (TPSA) is 25.8 Å². The zero-order valence-corrected chi connectivity index (χ0v) is 17.8. The molecule has 2 heteroatoms. The number of aryl methyl sites for hydroxylation is 2. The smallest absolute Gasteiger partial charge is 0.205 e. The minimum Gasteiger partial charge on any atom is -0.229 e. The summed E-state index contributed by atoms with van der Waals surface area (Å²) in [6.07, 6.45) is 19.2. The van der Waals surface area contributed by atoms with Gasteiger partial charge in [-0.1, -0.05) is 83.3 Å². The third kappa shape index (κ3) is 9.18. The van der Waals surface area contributed by atoms with E-state index in [1.165, 1.54) is 75.3 Å². The minimum atomic E-state index is 0.607. The van der Waals surface area contributed by atoms with Crippen LogP contribution in [-0.2, 0) is 12.8 Å². The largest absolute Gasteiger partial charge is 0.229 e. The molecule has 0 bridgehead atoms. The van der Waals surface area contributed by atoms with Crippen LogP contribution in [0.2, 0.25) is 0 Å². The van der Waals surface area contributed by atoms with E-state index in [0.29, 0.717) is 5.82 Å². The van der Waals surface area contributed by atoms with E-state index in [0.717, 1.165) is 18.4 Å². The van der Waals surface area contributed by atoms with Crippen molar-refractivity contribution in [3.05, 3.63) is 59.2 Å². The van der Waals surface area contributed by atoms with Gasteiger partial charge in [-0.25, -0.2) is 9.97 Å². The van der Waals surface area contributed by atoms with E-state index in [2.05, 4.69) is 59.9 Å². The molecule has 2 nitrogen and oxygen atoms in total. The number of rotatable bonds is 12. The van der Waals surface area contributed by atoms with E-state index in [-0.39, 0.29) is 0 Å². The van der Waals surface area contributed by atoms with Crippen molar-refractivity contribution in [2.24, 2.45) is 0 Å². The zero-order valence-electron chi connectivity index (χ0n) is 17.8. The van der Waals surface area contributed by atoms with Crippen LogP contribution >= 0.6 is 0 Å². The number of hydrogen-bond donors (Lipinski definition) is 0. The van der Waals surface area contributed by atoms with E-state index in [1.54, 1.807) is 0 Å². The van der Waals surface area contributed by atoms with Gasteiger partial charge in [0.05, 0.1) is 0 Å². The molecule has 0 fully saturated rings. The predicted molar refractivity (Wildman–Crippen MR) is 119 cm³/mol. The molecule has 1 heterocycles. The Hall–Kier alpha value is -2.14. The van der Waals surface area contributed by atoms with Crippen molar-refractivity contribution >= 4 is 0 Å². The Kier molecular flexibility index (Phi) is 11.0. The zero-order chi connectivity index (χ0) is 19.9. The molecule has 0 spiro atoms. The van der Waals surface area contributed by atoms with Crippen molar-refractivity contribution in [3.63, 3.8) is 0 Å². The monoisotopic (exact) mass is 376 g/mol. The summed E-state index contributed by atoms with van der Waals surface area (Å²) in [6.45, 7) is 4.51. The van der Waals surface area contributed by atoms with Crippen LogP contribution < -0.4 is 0 Å². The molecule has 1 aromatic carbocycles. The van der Waals surface area contributed by atoms with Crippen molar-refractivity contribution in [3.8, 4) is 11.8 Å². The standard InChI is InChI=1S/C26H36N2/c1-3-5-7-9-10-12-14-25-21-27-26(28-22-25)20-19-24-17-15-23(16-18-24)13-11-8-6-4-2/h15-18,21-22H,3-14H2,1-2H3. The Labute approximate surface area is 172 Å². The number of aromatic nitrogens is 2. The van der Waals surface area contributed by atoms with Gasteiger partial charge in [-0.15, -0.1) is 0 Å². The Morgan fingerprint density at radius 1 is 0.607 bits per heavy atom. The molecule has 28 heavy (non-hydrogen) atoms. The molecule has 2 aromatic rings. The molecule has 0 aliphatic carbocycles. The normalized spacial score (nSPS) is 10.5. The van der Waals surface area contributed by atoms with Crippen LogP contribution in [0.25, 0.3) is 0 Å². The van der Waals surface area contributed by atoms with Crippen LogP contribution in [0, 0.1) is 11.8 Å². The van der Waals surface area contributed by atoms with E-state index in [9.17, 15) is 0 Å². The number of benzene rings is 1. The van der Waals surface area contributed by atoms with Gasteiger partial charge in [0.15, 0.2) is 0 Å². The van der Waals surface area contributed by atoms with Crippen molar-refractivity contribution in [1.29, 1.82) is 0 Å². The first kappa shape index (κ1) is 22.2. The van der Waals surface area contributed by atoms with Gasteiger partial charge >= 0.3 is 0 Å². The molecule has 150 valence electrons. The Balaban J connectivity index is 1.75. The quantitative estimate of drug-likeness (QED) is 0.297. The second kappa shape index (κ2) is 13.9. The molecule has 0 atom stereocenters. The van der Waals surface area contributed by atoms with Gasteiger partial charge in [-0.2, -0.15) is 0 Å². The van der Waals surface area contributed by atoms with Gasteiger partial charge in [-0.3, -0.25) is 0 Å². The Morgan fingerprint density at radius 3 is 1.79 bits per heavy atom. The van der Waals surface area contributed by atoms with Crippen LogP contribution in [0.3, 0.4) is 0 Å². The average Bonchev–Trinajstić information content (AvgIpc) is 2.74. The molecular formula is C26H36N2. The van der Waals surface area contributed by atoms with E-state index in [1.807, 2.05) is 12.4 Å². The van der Waals surface area contributed by atoms with E-state index >= 15 is 0 Å². The average molecular weight is 377 g/mol. The van der Waals surface area contributed by atoms with Gasteiger partial charge in [-0.05, 0) is 54.9 Å². The highest BCUT2D eigenvalue weighted by Crippen LogP contribution is 2.10. The SMILES string of the molecule is CCCCCCCCc1cnc(C#Cc2ccc(CCCCCC)cc2)nc1. The van der Waals surface area contributed by atoms with Crippen LogP contribution in [0.15, 0.2) is 36.7 Å². The fourth-order valence-electron chi connectivity index (χ4n) is 3.30. The fraction of sp³-hybridized carbons (Fsp3) is 0.538. The molecule has 0 saturated heterocycles. The van der Waals surface area contributed by atoms with Crippen LogP contribution in [0.5, 0.6) is 0 Å². The van der Waals surface area contributed by atoms with Crippen LogP contribution in [0.1, 0.15) is 101 Å². The third-order valence-electron chi connectivity index (χ3n) is 5.12. The van der Waals surface area contributed by atoms with Crippen LogP contribution in [0.4, 0.5) is 0 Å². The fourth-order valence-corrected chi connectivity index (χ4v) is 3.30. The lowest BCUT2D eigenvalue weighted by molar-refractivity contribution is 0.606. The summed E-state index contributed by atoms with van der Waals surface area (Å²) in [5.74, 6) is 6.87. The van der Waals surface area contributed by atoms with Gasteiger partial charge in [0.1, 0.15) is 0 Å². The first-order valence-electron chi connectivity index (χ1n) is 11.2. The van der Waals surface area contributed by atoms with Crippen molar-refractivity contribution < 1.29 is 0 Å². The Bertz CT molecular complexity index is 705. The van der Waals surface area contributed by atoms with Crippen molar-refractivity contribution in [1.82, 2.24) is 9.97 Å². The highest BCUT2D eigenvalue weighted by atomic mass is 14.8. The maximum absolute atomic E-state index is 4.41. The summed E-state index contributed by atoms with van der Waals surface area (Å²) in [5.41, 5.74) is 3.64. The van der Waals surface area contributed by atoms with E-state index < -0.39 is 0 Å². The van der Waals surface area contributed by atoms with Crippen molar-refractivity contribution in [2.45, 2.75) is 90.9 Å². The van der Waals surface area contributed by atoms with Gasteiger partial charge in [0.2, 0.25) is 5.82 Å². The molecule has 0 unspecified atom stereocenters. The van der Waals surface area contributed by atoms with Gasteiger partial charge < -0.3 is 0 Å². The van der Waals surface area contributed by atoms with Gasteiger partial charge in [0.25, 0.3) is 0 Å². The lowest BCUT2D eigenvalue weighted by Gasteiger charge is -2.01. The highest BCUT2D eigenvalue weighted by Gasteiger charge is 1.97.